The molecule has 2 nitrogen and oxygen atoms in total. The van der Waals surface area contributed by atoms with Gasteiger partial charge < -0.3 is 4.90 Å². The van der Waals surface area contributed by atoms with E-state index in [2.05, 4.69) is 22.5 Å². The van der Waals surface area contributed by atoms with Crippen LogP contribution in [-0.2, 0) is 0 Å². The van der Waals surface area contributed by atoms with Crippen molar-refractivity contribution in [2.45, 2.75) is 13.3 Å². The Morgan fingerprint density at radius 3 is 2.88 bits per heavy atom. The molecule has 0 saturated carbocycles. The van der Waals surface area contributed by atoms with Crippen LogP contribution in [0.5, 0.6) is 0 Å². The molecule has 92 valence electrons. The summed E-state index contributed by atoms with van der Waals surface area (Å²) in [6.45, 7) is 6.94. The lowest BCUT2D eigenvalue weighted by molar-refractivity contribution is 0.0774. The van der Waals surface area contributed by atoms with Gasteiger partial charge in [0.25, 0.3) is 5.91 Å². The number of hydrogen-bond donors (Lipinski definition) is 0. The van der Waals surface area contributed by atoms with Gasteiger partial charge in [-0.15, -0.1) is 6.58 Å². The van der Waals surface area contributed by atoms with Gasteiger partial charge >= 0.3 is 0 Å². The third kappa shape index (κ3) is 3.86. The summed E-state index contributed by atoms with van der Waals surface area (Å²) in [6.07, 6.45) is 2.63. The zero-order valence-corrected chi connectivity index (χ0v) is 12.1. The minimum atomic E-state index is -0.0574. The smallest absolute Gasteiger partial charge is 0.255 e. The molecule has 0 aromatic heterocycles. The molecule has 0 atom stereocenters. The summed E-state index contributed by atoms with van der Waals surface area (Å²) < 4.78 is 0.848. The topological polar surface area (TPSA) is 20.3 Å². The summed E-state index contributed by atoms with van der Waals surface area (Å²) in [4.78, 5) is 14.0. The molecular weight excluding hydrogens is 302 g/mol. The van der Waals surface area contributed by atoms with Crippen molar-refractivity contribution >= 4 is 33.4 Å². The molecule has 0 aliphatic heterocycles. The zero-order chi connectivity index (χ0) is 12.8. The first-order chi connectivity index (χ1) is 8.10. The maximum Gasteiger partial charge on any atom is 0.255 e. The second-order valence-corrected chi connectivity index (χ2v) is 4.99. The van der Waals surface area contributed by atoms with E-state index in [1.165, 1.54) is 0 Å². The Balaban J connectivity index is 2.99. The van der Waals surface area contributed by atoms with Crippen LogP contribution in [0, 0.1) is 0 Å². The largest absolute Gasteiger partial charge is 0.335 e. The molecule has 1 aromatic rings. The van der Waals surface area contributed by atoms with Crippen molar-refractivity contribution in [3.63, 3.8) is 0 Å². The van der Waals surface area contributed by atoms with Crippen LogP contribution in [0.4, 0.5) is 0 Å². The molecule has 0 heterocycles. The Labute approximate surface area is 115 Å². The highest BCUT2D eigenvalue weighted by atomic mass is 79.9. The Kier molecular flexibility index (Phi) is 5.72. The van der Waals surface area contributed by atoms with E-state index in [1.54, 1.807) is 23.1 Å². The number of benzene rings is 1. The minimum Gasteiger partial charge on any atom is -0.335 e. The highest BCUT2D eigenvalue weighted by Crippen LogP contribution is 2.22. The van der Waals surface area contributed by atoms with Crippen molar-refractivity contribution in [2.24, 2.45) is 0 Å². The van der Waals surface area contributed by atoms with Crippen LogP contribution in [0.15, 0.2) is 35.3 Å². The summed E-state index contributed by atoms with van der Waals surface area (Å²) in [7, 11) is 0. The molecule has 4 heteroatoms. The maximum atomic E-state index is 12.3. The van der Waals surface area contributed by atoms with Crippen molar-refractivity contribution < 1.29 is 4.79 Å². The van der Waals surface area contributed by atoms with E-state index in [4.69, 9.17) is 11.6 Å². The first-order valence-corrected chi connectivity index (χ1v) is 6.62. The third-order valence-corrected chi connectivity index (χ3v) is 3.11. The Bertz CT molecular complexity index is 420. The third-order valence-electron chi connectivity index (χ3n) is 2.29. The first kappa shape index (κ1) is 14.3. The van der Waals surface area contributed by atoms with Gasteiger partial charge in [0.1, 0.15) is 0 Å². The lowest BCUT2D eigenvalue weighted by Crippen LogP contribution is -2.32. The SMILES string of the molecule is C=CCN(CCC)C(=O)c1cc(Br)ccc1Cl. The number of halogens is 2. The number of carbonyl (C=O) groups is 1. The van der Waals surface area contributed by atoms with Gasteiger partial charge in [0.2, 0.25) is 0 Å². The molecule has 0 bridgehead atoms. The van der Waals surface area contributed by atoms with Crippen molar-refractivity contribution in [3.8, 4) is 0 Å². The van der Waals surface area contributed by atoms with Gasteiger partial charge in [-0.2, -0.15) is 0 Å². The second kappa shape index (κ2) is 6.82. The highest BCUT2D eigenvalue weighted by molar-refractivity contribution is 9.10. The molecule has 0 spiro atoms. The van der Waals surface area contributed by atoms with Crippen molar-refractivity contribution in [1.29, 1.82) is 0 Å². The number of hydrogen-bond acceptors (Lipinski definition) is 1. The van der Waals surface area contributed by atoms with Crippen molar-refractivity contribution in [2.75, 3.05) is 13.1 Å². The Morgan fingerprint density at radius 2 is 2.29 bits per heavy atom. The van der Waals surface area contributed by atoms with E-state index >= 15 is 0 Å². The highest BCUT2D eigenvalue weighted by Gasteiger charge is 2.16. The van der Waals surface area contributed by atoms with Crippen LogP contribution in [0.1, 0.15) is 23.7 Å². The van der Waals surface area contributed by atoms with E-state index in [0.717, 1.165) is 10.9 Å². The van der Waals surface area contributed by atoms with E-state index < -0.39 is 0 Å². The molecule has 1 amide bonds. The van der Waals surface area contributed by atoms with Gasteiger partial charge in [-0.1, -0.05) is 40.5 Å². The van der Waals surface area contributed by atoms with Crippen LogP contribution in [0.25, 0.3) is 0 Å². The van der Waals surface area contributed by atoms with Crippen LogP contribution in [-0.4, -0.2) is 23.9 Å². The summed E-state index contributed by atoms with van der Waals surface area (Å²) in [5.41, 5.74) is 0.524. The zero-order valence-electron chi connectivity index (χ0n) is 9.75. The molecule has 0 radical (unpaired) electrons. The van der Waals surface area contributed by atoms with Crippen molar-refractivity contribution in [3.05, 3.63) is 45.9 Å². The number of amides is 1. The lowest BCUT2D eigenvalue weighted by atomic mass is 10.2. The average Bonchev–Trinajstić information content (AvgIpc) is 2.31. The number of nitrogens with zero attached hydrogens (tertiary/aromatic N) is 1. The van der Waals surface area contributed by atoms with E-state index in [1.807, 2.05) is 13.0 Å². The summed E-state index contributed by atoms with van der Waals surface area (Å²) in [5, 5.41) is 0.475. The summed E-state index contributed by atoms with van der Waals surface area (Å²) in [6, 6.07) is 5.28. The van der Waals surface area contributed by atoms with Gasteiger partial charge in [-0.05, 0) is 24.6 Å². The van der Waals surface area contributed by atoms with E-state index in [9.17, 15) is 4.79 Å². The fourth-order valence-corrected chi connectivity index (χ4v) is 2.09. The molecule has 0 unspecified atom stereocenters. The molecule has 0 fully saturated rings. The predicted octanol–water partition coefficient (Wildman–Crippen LogP) is 4.14. The van der Waals surface area contributed by atoms with Crippen molar-refractivity contribution in [1.82, 2.24) is 4.90 Å². The van der Waals surface area contributed by atoms with Crippen LogP contribution >= 0.6 is 27.5 Å². The van der Waals surface area contributed by atoms with Gasteiger partial charge in [0, 0.05) is 17.6 Å². The number of rotatable bonds is 5. The monoisotopic (exact) mass is 315 g/mol. The summed E-state index contributed by atoms with van der Waals surface area (Å²) >= 11 is 9.38. The molecule has 0 aliphatic rings. The Morgan fingerprint density at radius 1 is 1.59 bits per heavy atom. The van der Waals surface area contributed by atoms with Gasteiger partial charge in [0.05, 0.1) is 10.6 Å². The van der Waals surface area contributed by atoms with Gasteiger partial charge in [-0.3, -0.25) is 4.79 Å². The average molecular weight is 317 g/mol. The van der Waals surface area contributed by atoms with E-state index in [0.29, 0.717) is 23.7 Å². The Hall–Kier alpha value is -0.800. The first-order valence-electron chi connectivity index (χ1n) is 5.45. The number of carbonyl (C=O) groups excluding carboxylic acids is 1. The molecule has 1 rings (SSSR count). The van der Waals surface area contributed by atoms with E-state index in [-0.39, 0.29) is 5.91 Å². The van der Waals surface area contributed by atoms with Crippen LogP contribution in [0.2, 0.25) is 5.02 Å². The lowest BCUT2D eigenvalue weighted by Gasteiger charge is -2.21. The van der Waals surface area contributed by atoms with Crippen LogP contribution in [0.3, 0.4) is 0 Å². The molecule has 17 heavy (non-hydrogen) atoms. The predicted molar refractivity (Wildman–Crippen MR) is 75.5 cm³/mol. The molecule has 1 aromatic carbocycles. The standard InChI is InChI=1S/C13H15BrClNO/c1-3-7-16(8-4-2)13(17)11-9-10(14)5-6-12(11)15/h3,5-6,9H,1,4,7-8H2,2H3. The molecular formula is C13H15BrClNO. The fraction of sp³-hybridized carbons (Fsp3) is 0.308. The second-order valence-electron chi connectivity index (χ2n) is 3.66. The maximum absolute atomic E-state index is 12.3. The fourth-order valence-electron chi connectivity index (χ4n) is 1.53. The van der Waals surface area contributed by atoms with Gasteiger partial charge in [0.15, 0.2) is 0 Å². The van der Waals surface area contributed by atoms with Gasteiger partial charge in [-0.25, -0.2) is 0 Å². The molecule has 0 saturated heterocycles. The normalized spacial score (nSPS) is 10.1. The summed E-state index contributed by atoms with van der Waals surface area (Å²) in [5.74, 6) is -0.0574. The van der Waals surface area contributed by atoms with Crippen LogP contribution < -0.4 is 0 Å². The quantitative estimate of drug-likeness (QED) is 0.748. The molecule has 0 aliphatic carbocycles. The minimum absolute atomic E-state index is 0.0574. The molecule has 0 N–H and O–H groups in total.